The molecule has 0 aliphatic heterocycles. The van der Waals surface area contributed by atoms with Crippen LogP contribution in [0.1, 0.15) is 39.0 Å². The SMILES string of the molecule is CC(CC(=O)O)NC(=O)N(C)C1CCCC1. The van der Waals surface area contributed by atoms with Crippen LogP contribution in [0.3, 0.4) is 0 Å². The van der Waals surface area contributed by atoms with Crippen LogP contribution in [0.25, 0.3) is 0 Å². The second kappa shape index (κ2) is 5.72. The maximum atomic E-state index is 11.7. The summed E-state index contributed by atoms with van der Waals surface area (Å²) in [7, 11) is 1.78. The summed E-state index contributed by atoms with van der Waals surface area (Å²) in [5, 5.41) is 11.3. The molecule has 0 aromatic rings. The highest BCUT2D eigenvalue weighted by Gasteiger charge is 2.24. The molecule has 1 atom stereocenters. The Bertz CT molecular complexity index is 262. The van der Waals surface area contributed by atoms with Crippen molar-refractivity contribution in [1.29, 1.82) is 0 Å². The molecular weight excluding hydrogens is 208 g/mol. The Hall–Kier alpha value is -1.26. The van der Waals surface area contributed by atoms with Crippen molar-refractivity contribution in [2.45, 2.75) is 51.1 Å². The fraction of sp³-hybridized carbons (Fsp3) is 0.818. The molecule has 0 heterocycles. The summed E-state index contributed by atoms with van der Waals surface area (Å²) in [6.07, 6.45) is 4.42. The highest BCUT2D eigenvalue weighted by atomic mass is 16.4. The van der Waals surface area contributed by atoms with Gasteiger partial charge in [0, 0.05) is 19.1 Å². The van der Waals surface area contributed by atoms with Crippen molar-refractivity contribution >= 4 is 12.0 Å². The minimum absolute atomic E-state index is 0.0375. The van der Waals surface area contributed by atoms with E-state index in [1.54, 1.807) is 18.9 Å². The summed E-state index contributed by atoms with van der Waals surface area (Å²) in [5.74, 6) is -0.892. The molecule has 16 heavy (non-hydrogen) atoms. The molecule has 92 valence electrons. The molecule has 2 amide bonds. The predicted octanol–water partition coefficient (Wildman–Crippen LogP) is 1.43. The maximum absolute atomic E-state index is 11.7. The topological polar surface area (TPSA) is 69.6 Å². The average molecular weight is 228 g/mol. The van der Waals surface area contributed by atoms with Crippen LogP contribution in [0.5, 0.6) is 0 Å². The van der Waals surface area contributed by atoms with Crippen LogP contribution >= 0.6 is 0 Å². The number of carbonyl (C=O) groups excluding carboxylic acids is 1. The summed E-state index contributed by atoms with van der Waals surface area (Å²) >= 11 is 0. The number of carboxylic acids is 1. The van der Waals surface area contributed by atoms with Gasteiger partial charge in [-0.2, -0.15) is 0 Å². The van der Waals surface area contributed by atoms with E-state index in [9.17, 15) is 9.59 Å². The van der Waals surface area contributed by atoms with E-state index >= 15 is 0 Å². The van der Waals surface area contributed by atoms with Gasteiger partial charge in [0.2, 0.25) is 0 Å². The van der Waals surface area contributed by atoms with Gasteiger partial charge in [0.25, 0.3) is 0 Å². The largest absolute Gasteiger partial charge is 0.481 e. The first-order chi connectivity index (χ1) is 7.50. The highest BCUT2D eigenvalue weighted by molar-refractivity contribution is 5.75. The Morgan fingerprint density at radius 1 is 1.44 bits per heavy atom. The van der Waals surface area contributed by atoms with Crippen molar-refractivity contribution in [2.75, 3.05) is 7.05 Å². The molecule has 5 heteroatoms. The molecule has 1 aliphatic rings. The first-order valence-corrected chi connectivity index (χ1v) is 5.76. The summed E-state index contributed by atoms with van der Waals surface area (Å²) in [5.41, 5.74) is 0. The third kappa shape index (κ3) is 3.72. The van der Waals surface area contributed by atoms with Crippen LogP contribution in [0, 0.1) is 0 Å². The number of aliphatic carboxylic acids is 1. The minimum atomic E-state index is -0.892. The lowest BCUT2D eigenvalue weighted by atomic mass is 10.2. The van der Waals surface area contributed by atoms with Gasteiger partial charge in [-0.05, 0) is 19.8 Å². The summed E-state index contributed by atoms with van der Waals surface area (Å²) < 4.78 is 0. The molecule has 1 unspecified atom stereocenters. The first-order valence-electron chi connectivity index (χ1n) is 5.76. The summed E-state index contributed by atoms with van der Waals surface area (Å²) in [6.45, 7) is 1.70. The number of nitrogens with one attached hydrogen (secondary N) is 1. The van der Waals surface area contributed by atoms with E-state index in [1.165, 1.54) is 12.8 Å². The molecule has 1 saturated carbocycles. The third-order valence-electron chi connectivity index (χ3n) is 3.04. The van der Waals surface area contributed by atoms with Crippen LogP contribution in [-0.4, -0.2) is 41.1 Å². The Kier molecular flexibility index (Phi) is 4.58. The average Bonchev–Trinajstić information content (AvgIpc) is 2.67. The van der Waals surface area contributed by atoms with Crippen LogP contribution in [0.2, 0.25) is 0 Å². The first kappa shape index (κ1) is 12.8. The van der Waals surface area contributed by atoms with Crippen LogP contribution < -0.4 is 5.32 Å². The standard InChI is InChI=1S/C11H20N2O3/c1-8(7-10(14)15)12-11(16)13(2)9-5-3-4-6-9/h8-9H,3-7H2,1-2H3,(H,12,16)(H,14,15). The lowest BCUT2D eigenvalue weighted by Crippen LogP contribution is -2.46. The van der Waals surface area contributed by atoms with E-state index < -0.39 is 5.97 Å². The monoisotopic (exact) mass is 228 g/mol. The molecule has 0 spiro atoms. The number of hydrogen-bond acceptors (Lipinski definition) is 2. The van der Waals surface area contributed by atoms with E-state index in [0.717, 1.165) is 12.8 Å². The van der Waals surface area contributed by atoms with Crippen LogP contribution in [0.15, 0.2) is 0 Å². The molecule has 2 N–H and O–H groups in total. The van der Waals surface area contributed by atoms with Gasteiger partial charge in [0.05, 0.1) is 6.42 Å². The number of rotatable bonds is 4. The van der Waals surface area contributed by atoms with Gasteiger partial charge >= 0.3 is 12.0 Å². The van der Waals surface area contributed by atoms with E-state index in [2.05, 4.69) is 5.32 Å². The fourth-order valence-electron chi connectivity index (χ4n) is 2.08. The minimum Gasteiger partial charge on any atom is -0.481 e. The van der Waals surface area contributed by atoms with E-state index in [0.29, 0.717) is 6.04 Å². The normalized spacial score (nSPS) is 18.1. The number of urea groups is 1. The molecular formula is C11H20N2O3. The van der Waals surface area contributed by atoms with Gasteiger partial charge in [0.15, 0.2) is 0 Å². The lowest BCUT2D eigenvalue weighted by Gasteiger charge is -2.26. The Labute approximate surface area is 95.8 Å². The highest BCUT2D eigenvalue weighted by Crippen LogP contribution is 2.22. The van der Waals surface area contributed by atoms with Crippen molar-refractivity contribution in [3.05, 3.63) is 0 Å². The van der Waals surface area contributed by atoms with E-state index in [-0.39, 0.29) is 18.5 Å². The number of amides is 2. The number of hydrogen-bond donors (Lipinski definition) is 2. The van der Waals surface area contributed by atoms with Crippen molar-refractivity contribution < 1.29 is 14.7 Å². The smallest absolute Gasteiger partial charge is 0.317 e. The molecule has 0 radical (unpaired) electrons. The van der Waals surface area contributed by atoms with Crippen LogP contribution in [0.4, 0.5) is 4.79 Å². The zero-order valence-electron chi connectivity index (χ0n) is 9.90. The second-order valence-corrected chi connectivity index (χ2v) is 4.50. The molecule has 1 rings (SSSR count). The van der Waals surface area contributed by atoms with Gasteiger partial charge in [-0.3, -0.25) is 4.79 Å². The summed E-state index contributed by atoms with van der Waals surface area (Å²) in [6, 6.07) is -0.175. The van der Waals surface area contributed by atoms with Crippen molar-refractivity contribution in [2.24, 2.45) is 0 Å². The lowest BCUT2D eigenvalue weighted by molar-refractivity contribution is -0.137. The zero-order chi connectivity index (χ0) is 12.1. The van der Waals surface area contributed by atoms with Crippen LogP contribution in [-0.2, 0) is 4.79 Å². The van der Waals surface area contributed by atoms with Gasteiger partial charge < -0.3 is 15.3 Å². The van der Waals surface area contributed by atoms with E-state index in [4.69, 9.17) is 5.11 Å². The summed E-state index contributed by atoms with van der Waals surface area (Å²) in [4.78, 5) is 23.9. The van der Waals surface area contributed by atoms with E-state index in [1.807, 2.05) is 0 Å². The van der Waals surface area contributed by atoms with Gasteiger partial charge in [-0.25, -0.2) is 4.79 Å². The van der Waals surface area contributed by atoms with Gasteiger partial charge in [-0.1, -0.05) is 12.8 Å². The Morgan fingerprint density at radius 3 is 2.50 bits per heavy atom. The Morgan fingerprint density at radius 2 is 2.00 bits per heavy atom. The predicted molar refractivity (Wildman–Crippen MR) is 60.3 cm³/mol. The maximum Gasteiger partial charge on any atom is 0.317 e. The molecule has 0 aromatic carbocycles. The Balaban J connectivity index is 2.35. The number of carboxylic acid groups (broad SMARTS) is 1. The number of carbonyl (C=O) groups is 2. The molecule has 0 aromatic heterocycles. The van der Waals surface area contributed by atoms with Gasteiger partial charge in [0.1, 0.15) is 0 Å². The van der Waals surface area contributed by atoms with Crippen molar-refractivity contribution in [3.8, 4) is 0 Å². The third-order valence-corrected chi connectivity index (χ3v) is 3.04. The van der Waals surface area contributed by atoms with Gasteiger partial charge in [-0.15, -0.1) is 0 Å². The molecule has 5 nitrogen and oxygen atoms in total. The molecule has 0 bridgehead atoms. The second-order valence-electron chi connectivity index (χ2n) is 4.50. The quantitative estimate of drug-likeness (QED) is 0.764. The zero-order valence-corrected chi connectivity index (χ0v) is 9.90. The van der Waals surface area contributed by atoms with Crippen molar-refractivity contribution in [1.82, 2.24) is 10.2 Å². The molecule has 0 saturated heterocycles. The molecule has 1 fully saturated rings. The number of nitrogens with zero attached hydrogens (tertiary/aromatic N) is 1. The van der Waals surface area contributed by atoms with Crippen molar-refractivity contribution in [3.63, 3.8) is 0 Å². The fourth-order valence-corrected chi connectivity index (χ4v) is 2.08. The molecule has 1 aliphatic carbocycles.